The molecule has 8 nitrogen and oxygen atoms in total. The van der Waals surface area contributed by atoms with E-state index in [1.165, 1.54) is 7.11 Å². The topological polar surface area (TPSA) is 90.6 Å². The maximum Gasteiger partial charge on any atom is 0.278 e. The molecule has 1 aliphatic heterocycles. The van der Waals surface area contributed by atoms with Crippen LogP contribution in [0.25, 0.3) is 0 Å². The first-order chi connectivity index (χ1) is 11.6. The molecule has 0 N–H and O–H groups in total. The SMILES string of the molecule is COc1nccnc1OC1CCN(C(=O)Cc2c(C)noc2C)C1. The maximum absolute atomic E-state index is 12.5. The van der Waals surface area contributed by atoms with Crippen LogP contribution in [-0.2, 0) is 11.2 Å². The standard InChI is InChI=1S/C16H20N4O4/c1-10-13(11(2)24-19-10)8-14(21)20-7-4-12(9-20)23-16-15(22-3)17-5-6-18-16/h5-6,12H,4,7-9H2,1-3H3. The molecule has 0 spiro atoms. The second-order valence-electron chi connectivity index (χ2n) is 5.72. The molecule has 24 heavy (non-hydrogen) atoms. The van der Waals surface area contributed by atoms with Crippen molar-refractivity contribution in [1.82, 2.24) is 20.0 Å². The van der Waals surface area contributed by atoms with E-state index < -0.39 is 0 Å². The molecule has 3 heterocycles. The Morgan fingerprint density at radius 2 is 2.08 bits per heavy atom. The first-order valence-corrected chi connectivity index (χ1v) is 7.79. The average Bonchev–Trinajstić information content (AvgIpc) is 3.17. The summed E-state index contributed by atoms with van der Waals surface area (Å²) in [5.74, 6) is 1.43. The largest absolute Gasteiger partial charge is 0.477 e. The van der Waals surface area contributed by atoms with Crippen molar-refractivity contribution < 1.29 is 18.8 Å². The molecule has 0 bridgehead atoms. The van der Waals surface area contributed by atoms with E-state index in [-0.39, 0.29) is 12.0 Å². The lowest BCUT2D eigenvalue weighted by Gasteiger charge is -2.17. The van der Waals surface area contributed by atoms with Gasteiger partial charge in [-0.05, 0) is 13.8 Å². The highest BCUT2D eigenvalue weighted by molar-refractivity contribution is 5.79. The first kappa shape index (κ1) is 16.2. The third-order valence-electron chi connectivity index (χ3n) is 4.11. The quantitative estimate of drug-likeness (QED) is 0.815. The van der Waals surface area contributed by atoms with E-state index in [0.717, 1.165) is 17.7 Å². The van der Waals surface area contributed by atoms with E-state index in [2.05, 4.69) is 15.1 Å². The second-order valence-corrected chi connectivity index (χ2v) is 5.72. The van der Waals surface area contributed by atoms with Crippen molar-refractivity contribution >= 4 is 5.91 Å². The van der Waals surface area contributed by atoms with E-state index in [1.54, 1.807) is 17.3 Å². The summed E-state index contributed by atoms with van der Waals surface area (Å²) in [5.41, 5.74) is 1.62. The number of aromatic nitrogens is 3. The predicted octanol–water partition coefficient (Wildman–Crippen LogP) is 1.31. The zero-order valence-electron chi connectivity index (χ0n) is 14.0. The number of aryl methyl sites for hydroxylation is 2. The van der Waals surface area contributed by atoms with Crippen LogP contribution in [0, 0.1) is 13.8 Å². The molecule has 1 fully saturated rings. The van der Waals surface area contributed by atoms with Crippen molar-refractivity contribution in [2.24, 2.45) is 0 Å². The van der Waals surface area contributed by atoms with Gasteiger partial charge in [0.1, 0.15) is 11.9 Å². The Hall–Kier alpha value is -2.64. The molecule has 3 rings (SSSR count). The van der Waals surface area contributed by atoms with E-state index in [0.29, 0.717) is 37.0 Å². The smallest absolute Gasteiger partial charge is 0.278 e. The fraction of sp³-hybridized carbons (Fsp3) is 0.500. The summed E-state index contributed by atoms with van der Waals surface area (Å²) < 4.78 is 16.1. The van der Waals surface area contributed by atoms with Gasteiger partial charge < -0.3 is 18.9 Å². The molecule has 1 unspecified atom stereocenters. The maximum atomic E-state index is 12.5. The van der Waals surface area contributed by atoms with Gasteiger partial charge in [-0.1, -0.05) is 5.16 Å². The van der Waals surface area contributed by atoms with Crippen molar-refractivity contribution in [1.29, 1.82) is 0 Å². The molecule has 2 aromatic heterocycles. The van der Waals surface area contributed by atoms with E-state index in [4.69, 9.17) is 14.0 Å². The average molecular weight is 332 g/mol. The second kappa shape index (κ2) is 6.86. The van der Waals surface area contributed by atoms with E-state index in [9.17, 15) is 4.79 Å². The zero-order valence-corrected chi connectivity index (χ0v) is 14.0. The van der Waals surface area contributed by atoms with Gasteiger partial charge in [0, 0.05) is 30.9 Å². The Bertz CT molecular complexity index is 711. The molecule has 8 heteroatoms. The van der Waals surface area contributed by atoms with Crippen LogP contribution in [0.2, 0.25) is 0 Å². The zero-order chi connectivity index (χ0) is 17.1. The molecule has 1 aliphatic rings. The van der Waals surface area contributed by atoms with Gasteiger partial charge in [0.25, 0.3) is 11.8 Å². The van der Waals surface area contributed by atoms with Gasteiger partial charge in [-0.3, -0.25) is 4.79 Å². The molecule has 0 aromatic carbocycles. The van der Waals surface area contributed by atoms with Gasteiger partial charge in [0.05, 0.1) is 25.8 Å². The molecule has 0 aliphatic carbocycles. The van der Waals surface area contributed by atoms with E-state index >= 15 is 0 Å². The molecule has 128 valence electrons. The van der Waals surface area contributed by atoms with Gasteiger partial charge >= 0.3 is 0 Å². The monoisotopic (exact) mass is 332 g/mol. The summed E-state index contributed by atoms with van der Waals surface area (Å²) in [5, 5.41) is 3.89. The van der Waals surface area contributed by atoms with Gasteiger partial charge in [-0.25, -0.2) is 9.97 Å². The van der Waals surface area contributed by atoms with Crippen LogP contribution >= 0.6 is 0 Å². The summed E-state index contributed by atoms with van der Waals surface area (Å²) in [6.07, 6.45) is 4.01. The summed E-state index contributed by atoms with van der Waals surface area (Å²) in [6, 6.07) is 0. The number of hydrogen-bond acceptors (Lipinski definition) is 7. The molecule has 1 atom stereocenters. The van der Waals surface area contributed by atoms with Crippen molar-refractivity contribution in [3.63, 3.8) is 0 Å². The Kier molecular flexibility index (Phi) is 4.64. The minimum Gasteiger partial charge on any atom is -0.477 e. The summed E-state index contributed by atoms with van der Waals surface area (Å²) in [6.45, 7) is 4.83. The Morgan fingerprint density at radius 1 is 1.33 bits per heavy atom. The van der Waals surface area contributed by atoms with Crippen molar-refractivity contribution in [2.75, 3.05) is 20.2 Å². The highest BCUT2D eigenvalue weighted by atomic mass is 16.5. The number of methoxy groups -OCH3 is 1. The van der Waals surface area contributed by atoms with Crippen LogP contribution in [-0.4, -0.2) is 52.2 Å². The summed E-state index contributed by atoms with van der Waals surface area (Å²) >= 11 is 0. The van der Waals surface area contributed by atoms with Crippen LogP contribution in [0.1, 0.15) is 23.4 Å². The van der Waals surface area contributed by atoms with Gasteiger partial charge in [-0.2, -0.15) is 0 Å². The number of likely N-dealkylation sites (tertiary alicyclic amines) is 1. The minimum absolute atomic E-state index is 0.0432. The predicted molar refractivity (Wildman–Crippen MR) is 83.9 cm³/mol. The van der Waals surface area contributed by atoms with Crippen LogP contribution in [0.5, 0.6) is 11.8 Å². The van der Waals surface area contributed by atoms with Crippen LogP contribution in [0.4, 0.5) is 0 Å². The van der Waals surface area contributed by atoms with Crippen molar-refractivity contribution in [2.45, 2.75) is 32.8 Å². The van der Waals surface area contributed by atoms with Crippen LogP contribution in [0.15, 0.2) is 16.9 Å². The normalized spacial score (nSPS) is 17.1. The third-order valence-corrected chi connectivity index (χ3v) is 4.11. The summed E-state index contributed by atoms with van der Waals surface area (Å²) in [4.78, 5) is 22.5. The number of hydrogen-bond donors (Lipinski definition) is 0. The molecule has 1 amide bonds. The van der Waals surface area contributed by atoms with Crippen LogP contribution in [0.3, 0.4) is 0 Å². The van der Waals surface area contributed by atoms with Crippen LogP contribution < -0.4 is 9.47 Å². The lowest BCUT2D eigenvalue weighted by atomic mass is 10.1. The van der Waals surface area contributed by atoms with Gasteiger partial charge in [-0.15, -0.1) is 0 Å². The third kappa shape index (κ3) is 3.32. The Morgan fingerprint density at radius 3 is 2.75 bits per heavy atom. The highest BCUT2D eigenvalue weighted by Gasteiger charge is 2.29. The fourth-order valence-corrected chi connectivity index (χ4v) is 2.76. The van der Waals surface area contributed by atoms with Gasteiger partial charge in [0.2, 0.25) is 5.91 Å². The molecule has 2 aromatic rings. The van der Waals surface area contributed by atoms with Crippen molar-refractivity contribution in [3.05, 3.63) is 29.4 Å². The lowest BCUT2D eigenvalue weighted by Crippen LogP contribution is -2.32. The number of amides is 1. The fourth-order valence-electron chi connectivity index (χ4n) is 2.76. The number of ether oxygens (including phenoxy) is 2. The van der Waals surface area contributed by atoms with Crippen molar-refractivity contribution in [3.8, 4) is 11.8 Å². The molecular formula is C16H20N4O4. The lowest BCUT2D eigenvalue weighted by molar-refractivity contribution is -0.129. The Balaban J connectivity index is 1.60. The minimum atomic E-state index is -0.121. The Labute approximate surface area is 139 Å². The molecule has 0 saturated carbocycles. The molecular weight excluding hydrogens is 312 g/mol. The number of carbonyl (C=O) groups excluding carboxylic acids is 1. The number of rotatable bonds is 5. The molecule has 0 radical (unpaired) electrons. The molecule has 1 saturated heterocycles. The number of carbonyl (C=O) groups is 1. The number of nitrogens with zero attached hydrogens (tertiary/aromatic N) is 4. The first-order valence-electron chi connectivity index (χ1n) is 7.79. The van der Waals surface area contributed by atoms with E-state index in [1.807, 2.05) is 13.8 Å². The summed E-state index contributed by atoms with van der Waals surface area (Å²) in [7, 11) is 1.52. The highest BCUT2D eigenvalue weighted by Crippen LogP contribution is 2.24. The van der Waals surface area contributed by atoms with Gasteiger partial charge in [0.15, 0.2) is 0 Å².